The predicted molar refractivity (Wildman–Crippen MR) is 71.6 cm³/mol. The molecule has 0 spiro atoms. The number of morpholine rings is 1. The summed E-state index contributed by atoms with van der Waals surface area (Å²) in [6.07, 6.45) is -4.55. The minimum atomic E-state index is -4.55. The van der Waals surface area contributed by atoms with Crippen molar-refractivity contribution in [2.75, 3.05) is 49.3 Å². The molecule has 0 saturated carbocycles. The van der Waals surface area contributed by atoms with E-state index < -0.39 is 18.4 Å². The zero-order chi connectivity index (χ0) is 15.1. The van der Waals surface area contributed by atoms with E-state index in [-0.39, 0.29) is 6.54 Å². The second kappa shape index (κ2) is 5.05. The Morgan fingerprint density at radius 1 is 1.05 bits per heavy atom. The summed E-state index contributed by atoms with van der Waals surface area (Å²) in [5.74, 6) is 0. The van der Waals surface area contributed by atoms with E-state index in [0.29, 0.717) is 18.9 Å². The molecule has 0 radical (unpaired) electrons. The lowest BCUT2D eigenvalue weighted by molar-refractivity contribution is -0.159. The summed E-state index contributed by atoms with van der Waals surface area (Å²) in [5.41, 5.74) is -0.975. The summed E-state index contributed by atoms with van der Waals surface area (Å²) in [5, 5.41) is 0. The van der Waals surface area contributed by atoms with E-state index >= 15 is 0 Å². The SMILES string of the molecule is FCC1(C(F)(F)F)CN1c1ccc(N2CCOCC2)cc1. The number of hydrogen-bond donors (Lipinski definition) is 0. The van der Waals surface area contributed by atoms with Crippen LogP contribution in [0.5, 0.6) is 0 Å². The second-order valence-corrected chi connectivity index (χ2v) is 5.36. The third-order valence-corrected chi connectivity index (χ3v) is 4.12. The van der Waals surface area contributed by atoms with Gasteiger partial charge >= 0.3 is 6.18 Å². The number of alkyl halides is 4. The highest BCUT2D eigenvalue weighted by Crippen LogP contribution is 2.49. The number of anilines is 2. The number of ether oxygens (including phenoxy) is 1. The minimum absolute atomic E-state index is 0.316. The molecule has 0 amide bonds. The fraction of sp³-hybridized carbons (Fsp3) is 0.571. The van der Waals surface area contributed by atoms with Crippen molar-refractivity contribution in [3.05, 3.63) is 24.3 Å². The Morgan fingerprint density at radius 3 is 2.10 bits per heavy atom. The van der Waals surface area contributed by atoms with Gasteiger partial charge in [-0.3, -0.25) is 0 Å². The van der Waals surface area contributed by atoms with Crippen LogP contribution in [-0.4, -0.2) is 51.2 Å². The lowest BCUT2D eigenvalue weighted by atomic mass is 10.1. The number of rotatable bonds is 3. The fourth-order valence-electron chi connectivity index (χ4n) is 2.66. The molecule has 2 fully saturated rings. The average Bonchev–Trinajstić information content (AvgIpc) is 3.24. The van der Waals surface area contributed by atoms with Crippen molar-refractivity contribution < 1.29 is 22.3 Å². The molecular formula is C14H16F4N2O. The molecule has 1 aromatic rings. The lowest BCUT2D eigenvalue weighted by Crippen LogP contribution is -2.39. The fourth-order valence-corrected chi connectivity index (χ4v) is 2.66. The van der Waals surface area contributed by atoms with Crippen molar-refractivity contribution in [3.8, 4) is 0 Å². The quantitative estimate of drug-likeness (QED) is 0.630. The lowest BCUT2D eigenvalue weighted by Gasteiger charge is -2.29. The van der Waals surface area contributed by atoms with E-state index in [2.05, 4.69) is 4.90 Å². The van der Waals surface area contributed by atoms with Crippen LogP contribution in [0.1, 0.15) is 0 Å². The van der Waals surface area contributed by atoms with E-state index in [1.54, 1.807) is 24.3 Å². The monoisotopic (exact) mass is 304 g/mol. The van der Waals surface area contributed by atoms with Crippen molar-refractivity contribution in [2.45, 2.75) is 11.7 Å². The molecule has 2 heterocycles. The Labute approximate surface area is 120 Å². The van der Waals surface area contributed by atoms with E-state index in [1.807, 2.05) is 0 Å². The van der Waals surface area contributed by atoms with E-state index in [4.69, 9.17) is 4.74 Å². The highest BCUT2D eigenvalue weighted by atomic mass is 19.4. The molecule has 21 heavy (non-hydrogen) atoms. The highest BCUT2D eigenvalue weighted by molar-refractivity contribution is 5.63. The van der Waals surface area contributed by atoms with Crippen LogP contribution in [0.4, 0.5) is 28.9 Å². The Balaban J connectivity index is 1.74. The van der Waals surface area contributed by atoms with Gasteiger partial charge in [-0.15, -0.1) is 0 Å². The molecule has 1 aromatic carbocycles. The van der Waals surface area contributed by atoms with Gasteiger partial charge in [-0.05, 0) is 24.3 Å². The van der Waals surface area contributed by atoms with Gasteiger partial charge in [0.25, 0.3) is 0 Å². The van der Waals surface area contributed by atoms with Gasteiger partial charge in [0.15, 0.2) is 5.54 Å². The second-order valence-electron chi connectivity index (χ2n) is 5.36. The van der Waals surface area contributed by atoms with Gasteiger partial charge in [-0.1, -0.05) is 0 Å². The van der Waals surface area contributed by atoms with Crippen molar-refractivity contribution in [2.24, 2.45) is 0 Å². The molecule has 2 aliphatic heterocycles. The highest BCUT2D eigenvalue weighted by Gasteiger charge is 2.70. The van der Waals surface area contributed by atoms with Gasteiger partial charge in [-0.2, -0.15) is 13.2 Å². The molecule has 2 aliphatic rings. The van der Waals surface area contributed by atoms with Crippen LogP contribution in [0.2, 0.25) is 0 Å². The van der Waals surface area contributed by atoms with Crippen molar-refractivity contribution in [1.82, 2.24) is 0 Å². The molecule has 7 heteroatoms. The van der Waals surface area contributed by atoms with Crippen LogP contribution in [-0.2, 0) is 4.74 Å². The zero-order valence-corrected chi connectivity index (χ0v) is 11.4. The van der Waals surface area contributed by atoms with Crippen LogP contribution >= 0.6 is 0 Å². The van der Waals surface area contributed by atoms with Crippen molar-refractivity contribution in [1.29, 1.82) is 0 Å². The smallest absolute Gasteiger partial charge is 0.378 e. The number of nitrogens with zero attached hydrogens (tertiary/aromatic N) is 2. The third kappa shape index (κ3) is 2.43. The van der Waals surface area contributed by atoms with Crippen molar-refractivity contribution >= 4 is 11.4 Å². The summed E-state index contributed by atoms with van der Waals surface area (Å²) < 4.78 is 56.8. The summed E-state index contributed by atoms with van der Waals surface area (Å²) in [6, 6.07) is 6.79. The van der Waals surface area contributed by atoms with Gasteiger partial charge in [0.05, 0.1) is 19.8 Å². The largest absolute Gasteiger partial charge is 0.415 e. The van der Waals surface area contributed by atoms with Crippen LogP contribution in [0.15, 0.2) is 24.3 Å². The van der Waals surface area contributed by atoms with Gasteiger partial charge in [0, 0.05) is 24.5 Å². The molecule has 2 saturated heterocycles. The summed E-state index contributed by atoms with van der Waals surface area (Å²) in [6.45, 7) is 1.09. The average molecular weight is 304 g/mol. The molecule has 3 rings (SSSR count). The number of hydrogen-bond acceptors (Lipinski definition) is 3. The zero-order valence-electron chi connectivity index (χ0n) is 11.4. The maximum Gasteiger partial charge on any atom is 0.415 e. The summed E-state index contributed by atoms with van der Waals surface area (Å²) >= 11 is 0. The Kier molecular flexibility index (Phi) is 3.47. The van der Waals surface area contributed by atoms with Crippen LogP contribution in [0, 0.1) is 0 Å². The maximum atomic E-state index is 12.9. The van der Waals surface area contributed by atoms with Gasteiger partial charge < -0.3 is 14.5 Å². The predicted octanol–water partition coefficient (Wildman–Crippen LogP) is 2.61. The minimum Gasteiger partial charge on any atom is -0.378 e. The van der Waals surface area contributed by atoms with Crippen LogP contribution < -0.4 is 9.80 Å². The molecule has 0 N–H and O–H groups in total. The first-order valence-corrected chi connectivity index (χ1v) is 6.81. The molecular weight excluding hydrogens is 288 g/mol. The first-order valence-electron chi connectivity index (χ1n) is 6.81. The van der Waals surface area contributed by atoms with E-state index in [0.717, 1.165) is 23.7 Å². The maximum absolute atomic E-state index is 12.9. The molecule has 0 bridgehead atoms. The Bertz CT molecular complexity index is 499. The first kappa shape index (κ1) is 14.4. The third-order valence-electron chi connectivity index (χ3n) is 4.12. The van der Waals surface area contributed by atoms with E-state index in [9.17, 15) is 17.6 Å². The van der Waals surface area contributed by atoms with Gasteiger partial charge in [-0.25, -0.2) is 4.39 Å². The molecule has 3 nitrogen and oxygen atoms in total. The van der Waals surface area contributed by atoms with Crippen LogP contribution in [0.3, 0.4) is 0 Å². The topological polar surface area (TPSA) is 15.5 Å². The molecule has 0 aliphatic carbocycles. The molecule has 0 aromatic heterocycles. The normalized spacial score (nSPS) is 26.1. The molecule has 116 valence electrons. The van der Waals surface area contributed by atoms with Crippen molar-refractivity contribution in [3.63, 3.8) is 0 Å². The standard InChI is InChI=1S/C14H16F4N2O/c15-9-13(14(16,17)18)10-20(13)12-3-1-11(2-4-12)19-5-7-21-8-6-19/h1-4H,5-10H2. The molecule has 1 atom stereocenters. The van der Waals surface area contributed by atoms with Gasteiger partial charge in [0.1, 0.15) is 6.67 Å². The summed E-state index contributed by atoms with van der Waals surface area (Å²) in [7, 11) is 0. The number of halogens is 4. The summed E-state index contributed by atoms with van der Waals surface area (Å²) in [4.78, 5) is 3.18. The first-order chi connectivity index (χ1) is 9.98. The van der Waals surface area contributed by atoms with Crippen LogP contribution in [0.25, 0.3) is 0 Å². The molecule has 1 unspecified atom stereocenters. The van der Waals surface area contributed by atoms with Gasteiger partial charge in [0.2, 0.25) is 0 Å². The Hall–Kier alpha value is -1.50. The Morgan fingerprint density at radius 2 is 1.62 bits per heavy atom. The van der Waals surface area contributed by atoms with E-state index in [1.165, 1.54) is 0 Å². The number of benzene rings is 1.